The van der Waals surface area contributed by atoms with Crippen LogP contribution in [0, 0.1) is 0 Å². The van der Waals surface area contributed by atoms with Crippen molar-refractivity contribution in [3.8, 4) is 11.5 Å². The molecule has 1 aliphatic rings. The number of amides is 2. The third-order valence-electron chi connectivity index (χ3n) is 4.83. The van der Waals surface area contributed by atoms with Crippen LogP contribution in [0.25, 0.3) is 6.08 Å². The summed E-state index contributed by atoms with van der Waals surface area (Å²) in [6.45, 7) is 0.208. The van der Waals surface area contributed by atoms with Gasteiger partial charge in [0.15, 0.2) is 0 Å². The van der Waals surface area contributed by atoms with Gasteiger partial charge in [-0.1, -0.05) is 53.0 Å². The summed E-state index contributed by atoms with van der Waals surface area (Å²) in [4.78, 5) is 39.2. The third-order valence-corrected chi connectivity index (χ3v) is 6.54. The first kappa shape index (κ1) is 25.1. The Balaban J connectivity index is 1.45. The monoisotopic (exact) mass is 547 g/mol. The van der Waals surface area contributed by atoms with Crippen molar-refractivity contribution in [2.45, 2.75) is 0 Å². The number of ether oxygens (including phenoxy) is 2. The molecule has 4 rings (SSSR count). The van der Waals surface area contributed by atoms with Gasteiger partial charge in [-0.25, -0.2) is 4.79 Å². The van der Waals surface area contributed by atoms with E-state index < -0.39 is 17.1 Å². The number of thioether (sulfide) groups is 1. The van der Waals surface area contributed by atoms with Gasteiger partial charge in [0.1, 0.15) is 18.1 Å². The minimum absolute atomic E-state index is 0.0797. The van der Waals surface area contributed by atoms with E-state index in [0.717, 1.165) is 16.7 Å². The number of carbonyl (C=O) groups excluding carboxylic acids is 3. The number of nitrogens with zero attached hydrogens (tertiary/aromatic N) is 1. The first-order chi connectivity index (χ1) is 16.8. The Morgan fingerprint density at radius 2 is 1.66 bits per heavy atom. The van der Waals surface area contributed by atoms with E-state index in [-0.39, 0.29) is 34.4 Å². The van der Waals surface area contributed by atoms with E-state index in [9.17, 15) is 14.4 Å². The van der Waals surface area contributed by atoms with Crippen molar-refractivity contribution in [3.05, 3.63) is 97.8 Å². The van der Waals surface area contributed by atoms with Crippen LogP contribution in [0.1, 0.15) is 15.9 Å². The number of para-hydroxylation sites is 1. The molecular weight excluding hydrogens is 533 g/mol. The zero-order valence-corrected chi connectivity index (χ0v) is 21.0. The minimum Gasteiger partial charge on any atom is -0.492 e. The summed E-state index contributed by atoms with van der Waals surface area (Å²) in [5.74, 6) is -0.351. The maximum atomic E-state index is 12.8. The lowest BCUT2D eigenvalue weighted by molar-refractivity contribution is -0.123. The van der Waals surface area contributed by atoms with E-state index in [4.69, 9.17) is 44.3 Å². The zero-order valence-electron chi connectivity index (χ0n) is 17.9. The molecule has 1 fully saturated rings. The van der Waals surface area contributed by atoms with Crippen LogP contribution < -0.4 is 9.47 Å². The van der Waals surface area contributed by atoms with E-state index >= 15 is 0 Å². The quantitative estimate of drug-likeness (QED) is 0.180. The van der Waals surface area contributed by atoms with E-state index in [1.807, 2.05) is 0 Å². The molecule has 0 bridgehead atoms. The van der Waals surface area contributed by atoms with Gasteiger partial charge in [-0.05, 0) is 66.4 Å². The number of esters is 1. The zero-order chi connectivity index (χ0) is 24.9. The Bertz CT molecular complexity index is 1330. The summed E-state index contributed by atoms with van der Waals surface area (Å²) in [6.07, 6.45) is 1.51. The maximum Gasteiger partial charge on any atom is 0.345 e. The van der Waals surface area contributed by atoms with Crippen molar-refractivity contribution < 1.29 is 23.9 Å². The molecule has 0 aliphatic carbocycles. The Kier molecular flexibility index (Phi) is 8.03. The topological polar surface area (TPSA) is 72.9 Å². The molecule has 35 heavy (non-hydrogen) atoms. The molecule has 0 atom stereocenters. The second-order valence-corrected chi connectivity index (χ2v) is 9.46. The fraction of sp³-hybridized carbons (Fsp3) is 0.0800. The van der Waals surface area contributed by atoms with E-state index in [0.29, 0.717) is 21.4 Å². The average molecular weight is 549 g/mol. The predicted octanol–water partition coefficient (Wildman–Crippen LogP) is 6.98. The van der Waals surface area contributed by atoms with Gasteiger partial charge < -0.3 is 9.47 Å². The highest BCUT2D eigenvalue weighted by molar-refractivity contribution is 8.18. The highest BCUT2D eigenvalue weighted by Crippen LogP contribution is 2.34. The van der Waals surface area contributed by atoms with Crippen LogP contribution in [0.2, 0.25) is 15.1 Å². The molecule has 0 spiro atoms. The van der Waals surface area contributed by atoms with Gasteiger partial charge >= 0.3 is 5.97 Å². The second-order valence-electron chi connectivity index (χ2n) is 7.19. The SMILES string of the molecule is O=C(Oc1ccccc1/C=C1\SC(=O)N(CCOc2ccc(Cl)cc2)C1=O)c1ccc(Cl)cc1Cl. The lowest BCUT2D eigenvalue weighted by Gasteiger charge is -2.13. The van der Waals surface area contributed by atoms with Gasteiger partial charge in [-0.15, -0.1) is 0 Å². The van der Waals surface area contributed by atoms with Crippen LogP contribution in [0.3, 0.4) is 0 Å². The van der Waals surface area contributed by atoms with Crippen LogP contribution in [0.4, 0.5) is 4.79 Å². The molecule has 1 heterocycles. The summed E-state index contributed by atoms with van der Waals surface area (Å²) in [5.41, 5.74) is 0.598. The molecule has 0 unspecified atom stereocenters. The Morgan fingerprint density at radius 1 is 0.943 bits per heavy atom. The number of hydrogen-bond acceptors (Lipinski definition) is 6. The first-order valence-corrected chi connectivity index (χ1v) is 12.2. The van der Waals surface area contributed by atoms with Crippen molar-refractivity contribution >= 4 is 69.8 Å². The fourth-order valence-electron chi connectivity index (χ4n) is 3.12. The van der Waals surface area contributed by atoms with Crippen LogP contribution in [-0.2, 0) is 4.79 Å². The van der Waals surface area contributed by atoms with Crippen molar-refractivity contribution in [2.24, 2.45) is 0 Å². The molecule has 3 aromatic rings. The molecule has 0 radical (unpaired) electrons. The van der Waals surface area contributed by atoms with E-state index in [2.05, 4.69) is 0 Å². The second kappa shape index (κ2) is 11.2. The van der Waals surface area contributed by atoms with Crippen molar-refractivity contribution in [1.29, 1.82) is 0 Å². The van der Waals surface area contributed by atoms with Crippen LogP contribution in [-0.4, -0.2) is 35.2 Å². The van der Waals surface area contributed by atoms with E-state index in [1.165, 1.54) is 24.3 Å². The van der Waals surface area contributed by atoms with Gasteiger partial charge in [-0.2, -0.15) is 0 Å². The first-order valence-electron chi connectivity index (χ1n) is 10.2. The molecule has 1 saturated heterocycles. The van der Waals surface area contributed by atoms with Gasteiger partial charge in [0.05, 0.1) is 22.0 Å². The highest BCUT2D eigenvalue weighted by Gasteiger charge is 2.35. The summed E-state index contributed by atoms with van der Waals surface area (Å²) in [7, 11) is 0. The molecule has 0 aromatic heterocycles. The largest absolute Gasteiger partial charge is 0.492 e. The molecule has 10 heteroatoms. The van der Waals surface area contributed by atoms with Crippen LogP contribution in [0.15, 0.2) is 71.6 Å². The molecule has 2 amide bonds. The number of carbonyl (C=O) groups is 3. The Morgan fingerprint density at radius 3 is 2.40 bits per heavy atom. The van der Waals surface area contributed by atoms with Crippen molar-refractivity contribution in [1.82, 2.24) is 4.90 Å². The van der Waals surface area contributed by atoms with Gasteiger partial charge in [0, 0.05) is 15.6 Å². The number of hydrogen-bond donors (Lipinski definition) is 0. The normalized spacial score (nSPS) is 14.5. The lowest BCUT2D eigenvalue weighted by Crippen LogP contribution is -2.32. The molecule has 0 N–H and O–H groups in total. The fourth-order valence-corrected chi connectivity index (χ4v) is 4.59. The molecule has 1 aliphatic heterocycles. The summed E-state index contributed by atoms with van der Waals surface area (Å²) in [5, 5.41) is 0.710. The maximum absolute atomic E-state index is 12.8. The van der Waals surface area contributed by atoms with Gasteiger partial charge in [-0.3, -0.25) is 14.5 Å². The summed E-state index contributed by atoms with van der Waals surface area (Å²) < 4.78 is 11.1. The van der Waals surface area contributed by atoms with Crippen molar-refractivity contribution in [3.63, 3.8) is 0 Å². The smallest absolute Gasteiger partial charge is 0.345 e. The van der Waals surface area contributed by atoms with Crippen LogP contribution >= 0.6 is 46.6 Å². The summed E-state index contributed by atoms with van der Waals surface area (Å²) >= 11 is 18.6. The summed E-state index contributed by atoms with van der Waals surface area (Å²) in [6, 6.07) is 17.9. The minimum atomic E-state index is -0.681. The number of rotatable bonds is 7. The Labute approximate surface area is 220 Å². The lowest BCUT2D eigenvalue weighted by atomic mass is 10.1. The highest BCUT2D eigenvalue weighted by atomic mass is 35.5. The van der Waals surface area contributed by atoms with Gasteiger partial charge in [0.2, 0.25) is 0 Å². The molecule has 0 saturated carbocycles. The number of halogens is 3. The standard InChI is InChI=1S/C25H16Cl3NO5S/c26-16-5-8-18(9-6-16)33-12-11-29-23(30)22(35-25(29)32)13-15-3-1-2-4-21(15)34-24(31)19-10-7-17(27)14-20(19)28/h1-10,13-14H,11-12H2/b22-13-. The predicted molar refractivity (Wildman–Crippen MR) is 137 cm³/mol. The molecule has 6 nitrogen and oxygen atoms in total. The third kappa shape index (κ3) is 6.18. The number of benzene rings is 3. The Hall–Kier alpha value is -2.97. The van der Waals surface area contributed by atoms with Crippen molar-refractivity contribution in [2.75, 3.05) is 13.2 Å². The average Bonchev–Trinajstić information content (AvgIpc) is 3.09. The number of imide groups is 1. The van der Waals surface area contributed by atoms with Crippen LogP contribution in [0.5, 0.6) is 11.5 Å². The van der Waals surface area contributed by atoms with E-state index in [1.54, 1.807) is 48.5 Å². The van der Waals surface area contributed by atoms with Gasteiger partial charge in [0.25, 0.3) is 11.1 Å². The molecule has 3 aromatic carbocycles. The molecular formula is C25H16Cl3NO5S. The molecule has 178 valence electrons.